The molecule has 2 aromatic heterocycles. The fourth-order valence-electron chi connectivity index (χ4n) is 4.76. The number of halogens is 6. The van der Waals surface area contributed by atoms with Gasteiger partial charge in [-0.25, -0.2) is 9.97 Å². The third-order valence-electron chi connectivity index (χ3n) is 6.99. The van der Waals surface area contributed by atoms with E-state index in [9.17, 15) is 36.2 Å². The number of oxazole rings is 1. The molecule has 2 aromatic carbocycles. The normalized spacial score (nSPS) is 15.6. The molecular formula is C29H23F6N3O3. The van der Waals surface area contributed by atoms with E-state index in [-0.39, 0.29) is 24.3 Å². The monoisotopic (exact) mass is 575 g/mol. The van der Waals surface area contributed by atoms with Crippen LogP contribution in [0.4, 0.5) is 32.2 Å². The molecule has 0 spiro atoms. The minimum atomic E-state index is -4.89. The van der Waals surface area contributed by atoms with Crippen LogP contribution in [0.3, 0.4) is 0 Å². The number of anilines is 1. The summed E-state index contributed by atoms with van der Waals surface area (Å²) in [5, 5.41) is 11.1. The van der Waals surface area contributed by atoms with E-state index in [1.807, 2.05) is 4.90 Å². The number of benzene rings is 2. The molecule has 3 heterocycles. The topological polar surface area (TPSA) is 79.5 Å². The van der Waals surface area contributed by atoms with Crippen LogP contribution >= 0.6 is 0 Å². The van der Waals surface area contributed by atoms with E-state index in [1.54, 1.807) is 30.3 Å². The van der Waals surface area contributed by atoms with Gasteiger partial charge in [-0.15, -0.1) is 0 Å². The molecule has 6 nitrogen and oxygen atoms in total. The summed E-state index contributed by atoms with van der Waals surface area (Å²) in [7, 11) is 0. The number of nitrogens with zero attached hydrogens (tertiary/aromatic N) is 3. The van der Waals surface area contributed by atoms with Crippen LogP contribution in [0.25, 0.3) is 11.5 Å². The van der Waals surface area contributed by atoms with Gasteiger partial charge in [0.05, 0.1) is 11.2 Å². The first kappa shape index (κ1) is 28.3. The number of carbonyl (C=O) groups is 1. The van der Waals surface area contributed by atoms with Gasteiger partial charge in [-0.1, -0.05) is 36.4 Å². The Morgan fingerprint density at radius 1 is 0.927 bits per heavy atom. The molecule has 0 radical (unpaired) electrons. The molecule has 4 aromatic rings. The molecule has 1 fully saturated rings. The summed E-state index contributed by atoms with van der Waals surface area (Å²) in [4.78, 5) is 22.5. The predicted octanol–water partition coefficient (Wildman–Crippen LogP) is 6.69. The first-order chi connectivity index (χ1) is 19.3. The highest BCUT2D eigenvalue weighted by molar-refractivity contribution is 5.96. The highest BCUT2D eigenvalue weighted by atomic mass is 19.4. The number of hydrogen-bond donors (Lipinski definition) is 1. The van der Waals surface area contributed by atoms with Gasteiger partial charge >= 0.3 is 12.4 Å². The average Bonchev–Trinajstić information content (AvgIpc) is 3.41. The second-order valence-electron chi connectivity index (χ2n) is 9.78. The number of alkyl halides is 6. The fourth-order valence-corrected chi connectivity index (χ4v) is 4.76. The molecule has 1 aliphatic rings. The Hall–Kier alpha value is -4.19. The van der Waals surface area contributed by atoms with E-state index in [1.165, 1.54) is 30.5 Å². The third-order valence-corrected chi connectivity index (χ3v) is 6.99. The van der Waals surface area contributed by atoms with Crippen LogP contribution in [0, 0.1) is 0 Å². The Balaban J connectivity index is 1.26. The second-order valence-corrected chi connectivity index (χ2v) is 9.78. The lowest BCUT2D eigenvalue weighted by molar-refractivity contribution is -0.141. The number of piperidine rings is 1. The Morgan fingerprint density at radius 3 is 2.24 bits per heavy atom. The van der Waals surface area contributed by atoms with Gasteiger partial charge in [0.2, 0.25) is 17.4 Å². The van der Waals surface area contributed by atoms with Gasteiger partial charge in [0, 0.05) is 31.3 Å². The smallest absolute Gasteiger partial charge is 0.432 e. The van der Waals surface area contributed by atoms with Crippen molar-refractivity contribution in [1.29, 1.82) is 0 Å². The van der Waals surface area contributed by atoms with Crippen LogP contribution < -0.4 is 4.90 Å². The van der Waals surface area contributed by atoms with E-state index in [0.29, 0.717) is 30.0 Å². The number of aromatic nitrogens is 2. The van der Waals surface area contributed by atoms with Crippen LogP contribution in [0.1, 0.15) is 45.8 Å². The molecule has 0 saturated carbocycles. The van der Waals surface area contributed by atoms with Gasteiger partial charge in [0.25, 0.3) is 0 Å². The second kappa shape index (κ2) is 10.7. The van der Waals surface area contributed by atoms with Gasteiger partial charge in [-0.2, -0.15) is 26.3 Å². The van der Waals surface area contributed by atoms with Crippen molar-refractivity contribution in [2.75, 3.05) is 18.0 Å². The van der Waals surface area contributed by atoms with Gasteiger partial charge in [0.15, 0.2) is 5.69 Å². The van der Waals surface area contributed by atoms with Gasteiger partial charge in [-0.05, 0) is 54.3 Å². The van der Waals surface area contributed by atoms with Crippen molar-refractivity contribution in [2.24, 2.45) is 0 Å². The van der Waals surface area contributed by atoms with E-state index in [0.717, 1.165) is 12.1 Å². The zero-order valence-corrected chi connectivity index (χ0v) is 21.3. The van der Waals surface area contributed by atoms with Crippen molar-refractivity contribution in [1.82, 2.24) is 9.97 Å². The standard InChI is InChI=1S/C29H23F6N3O3/c30-28(31,32)21-8-4-7-20(16-21)27(40)11-13-38(14-12-27)23-10-9-18(17-36-23)15-22(39)24-25(29(33,34)35)37-26(41-24)19-5-2-1-3-6-19/h1-10,16-17,40H,11-15H2. The first-order valence-corrected chi connectivity index (χ1v) is 12.6. The fraction of sp³-hybridized carbons (Fsp3) is 0.276. The highest BCUT2D eigenvalue weighted by Crippen LogP contribution is 2.38. The summed E-state index contributed by atoms with van der Waals surface area (Å²) in [6.07, 6.45) is -8.14. The minimum absolute atomic E-state index is 0.158. The quantitative estimate of drug-likeness (QED) is 0.204. The molecule has 0 atom stereocenters. The van der Waals surface area contributed by atoms with Crippen molar-refractivity contribution in [3.05, 3.63) is 101 Å². The lowest BCUT2D eigenvalue weighted by Crippen LogP contribution is -2.43. The van der Waals surface area contributed by atoms with Gasteiger partial charge in [-0.3, -0.25) is 4.79 Å². The van der Waals surface area contributed by atoms with Gasteiger partial charge in [0.1, 0.15) is 5.82 Å². The zero-order valence-electron chi connectivity index (χ0n) is 21.3. The summed E-state index contributed by atoms with van der Waals surface area (Å²) < 4.78 is 85.4. The number of carbonyl (C=O) groups excluding carboxylic acids is 1. The zero-order chi connectivity index (χ0) is 29.4. The van der Waals surface area contributed by atoms with Crippen molar-refractivity contribution < 1.29 is 40.7 Å². The number of Topliss-reactive ketones (excluding diaryl/α,β-unsaturated/α-hetero) is 1. The minimum Gasteiger partial charge on any atom is -0.432 e. The van der Waals surface area contributed by atoms with Crippen LogP contribution in [0.2, 0.25) is 0 Å². The number of pyridine rings is 1. The lowest BCUT2D eigenvalue weighted by atomic mass is 9.83. The third kappa shape index (κ3) is 6.12. The van der Waals surface area contributed by atoms with Crippen LogP contribution in [0.5, 0.6) is 0 Å². The molecule has 0 bridgehead atoms. The van der Waals surface area contributed by atoms with Gasteiger partial charge < -0.3 is 14.4 Å². The molecule has 1 aliphatic heterocycles. The molecule has 1 saturated heterocycles. The molecule has 12 heteroatoms. The summed E-state index contributed by atoms with van der Waals surface area (Å²) in [6, 6.07) is 15.7. The van der Waals surface area contributed by atoms with E-state index < -0.39 is 47.2 Å². The number of aliphatic hydroxyl groups is 1. The Kier molecular flexibility index (Phi) is 7.37. The first-order valence-electron chi connectivity index (χ1n) is 12.6. The largest absolute Gasteiger partial charge is 0.437 e. The maximum atomic E-state index is 13.6. The summed E-state index contributed by atoms with van der Waals surface area (Å²) in [6.45, 7) is 0.598. The molecule has 0 unspecified atom stereocenters. The Bertz CT molecular complexity index is 1520. The molecule has 0 aliphatic carbocycles. The van der Waals surface area contributed by atoms with Crippen LogP contribution in [-0.4, -0.2) is 33.9 Å². The van der Waals surface area contributed by atoms with Crippen molar-refractivity contribution in [2.45, 2.75) is 37.2 Å². The molecule has 214 valence electrons. The predicted molar refractivity (Wildman–Crippen MR) is 136 cm³/mol. The number of hydrogen-bond acceptors (Lipinski definition) is 6. The SMILES string of the molecule is O=C(Cc1ccc(N2CCC(O)(c3cccc(C(F)(F)F)c3)CC2)nc1)c1oc(-c2ccccc2)nc1C(F)(F)F. The van der Waals surface area contributed by atoms with Crippen molar-refractivity contribution in [3.8, 4) is 11.5 Å². The number of rotatable bonds is 6. The van der Waals surface area contributed by atoms with E-state index in [2.05, 4.69) is 9.97 Å². The number of ketones is 1. The Labute approximate surface area is 230 Å². The molecule has 0 amide bonds. The maximum Gasteiger partial charge on any atom is 0.437 e. The van der Waals surface area contributed by atoms with Crippen LogP contribution in [-0.2, 0) is 24.4 Å². The Morgan fingerprint density at radius 2 is 1.63 bits per heavy atom. The molecule has 1 N–H and O–H groups in total. The molecule has 5 rings (SSSR count). The highest BCUT2D eigenvalue weighted by Gasteiger charge is 2.41. The van der Waals surface area contributed by atoms with E-state index in [4.69, 9.17) is 4.42 Å². The lowest BCUT2D eigenvalue weighted by Gasteiger charge is -2.39. The van der Waals surface area contributed by atoms with E-state index >= 15 is 0 Å². The molecular weight excluding hydrogens is 552 g/mol. The van der Waals surface area contributed by atoms with Crippen molar-refractivity contribution in [3.63, 3.8) is 0 Å². The summed E-state index contributed by atoms with van der Waals surface area (Å²) >= 11 is 0. The maximum absolute atomic E-state index is 13.6. The molecule has 41 heavy (non-hydrogen) atoms. The summed E-state index contributed by atoms with van der Waals surface area (Å²) in [5.41, 5.74) is -2.83. The van der Waals surface area contributed by atoms with Crippen molar-refractivity contribution >= 4 is 11.6 Å². The summed E-state index contributed by atoms with van der Waals surface area (Å²) in [5.74, 6) is -1.62. The average molecular weight is 576 g/mol. The van der Waals surface area contributed by atoms with Crippen LogP contribution in [0.15, 0.2) is 77.3 Å².